The number of carbonyl (C=O) groups excluding carboxylic acids is 3. The second-order valence-corrected chi connectivity index (χ2v) is 16.4. The molecule has 300 valence electrons. The summed E-state index contributed by atoms with van der Waals surface area (Å²) in [6, 6.07) is 29.4. The monoisotopic (exact) mass is 788 g/mol. The average molecular weight is 789 g/mol. The number of fused-ring (bicyclic) bond motifs is 8. The predicted octanol–water partition coefficient (Wildman–Crippen LogP) is 9.34. The molecule has 3 amide bonds. The summed E-state index contributed by atoms with van der Waals surface area (Å²) in [6.07, 6.45) is 6.22. The first-order valence-corrected chi connectivity index (χ1v) is 20.5. The highest BCUT2D eigenvalue weighted by atomic mass is 16.5. The summed E-state index contributed by atoms with van der Waals surface area (Å²) < 4.78 is 18.7. The van der Waals surface area contributed by atoms with Gasteiger partial charge in [0.25, 0.3) is 11.8 Å². The van der Waals surface area contributed by atoms with Crippen LogP contribution in [0.2, 0.25) is 0 Å². The van der Waals surface area contributed by atoms with E-state index in [-0.39, 0.29) is 43.0 Å². The van der Waals surface area contributed by atoms with E-state index >= 15 is 0 Å². The molecule has 0 unspecified atom stereocenters. The van der Waals surface area contributed by atoms with Crippen LogP contribution in [-0.2, 0) is 37.3 Å². The molecule has 10 heteroatoms. The van der Waals surface area contributed by atoms with Crippen molar-refractivity contribution in [2.75, 3.05) is 22.2 Å². The lowest BCUT2D eigenvalue weighted by Gasteiger charge is -2.23. The topological polar surface area (TPSA) is 110 Å². The van der Waals surface area contributed by atoms with Gasteiger partial charge in [-0.3, -0.25) is 24.3 Å². The summed E-state index contributed by atoms with van der Waals surface area (Å²) in [4.78, 5) is 49.5. The first kappa shape index (κ1) is 38.1. The van der Waals surface area contributed by atoms with Gasteiger partial charge in [0.15, 0.2) is 11.5 Å². The fourth-order valence-corrected chi connectivity index (χ4v) is 8.87. The van der Waals surface area contributed by atoms with E-state index in [1.807, 2.05) is 102 Å². The van der Waals surface area contributed by atoms with E-state index in [0.717, 1.165) is 71.3 Å². The maximum absolute atomic E-state index is 14.0. The predicted molar refractivity (Wildman–Crippen MR) is 230 cm³/mol. The molecule has 0 bridgehead atoms. The summed E-state index contributed by atoms with van der Waals surface area (Å²) >= 11 is 0. The summed E-state index contributed by atoms with van der Waals surface area (Å²) in [5.41, 5.74) is 10.1. The highest BCUT2D eigenvalue weighted by Crippen LogP contribution is 2.42. The fourth-order valence-electron chi connectivity index (χ4n) is 8.87. The number of methoxy groups -OCH3 is 1. The van der Waals surface area contributed by atoms with Gasteiger partial charge in [-0.2, -0.15) is 0 Å². The van der Waals surface area contributed by atoms with Gasteiger partial charge in [-0.25, -0.2) is 0 Å². The van der Waals surface area contributed by atoms with Gasteiger partial charge in [0, 0.05) is 53.8 Å². The van der Waals surface area contributed by atoms with Gasteiger partial charge in [0.2, 0.25) is 5.91 Å². The highest BCUT2D eigenvalue weighted by molar-refractivity contribution is 6.14. The highest BCUT2D eigenvalue weighted by Gasteiger charge is 2.38. The van der Waals surface area contributed by atoms with Gasteiger partial charge in [0.1, 0.15) is 19.0 Å². The number of rotatable bonds is 11. The summed E-state index contributed by atoms with van der Waals surface area (Å²) in [5, 5.41) is 3.09. The molecule has 0 saturated heterocycles. The number of para-hydroxylation sites is 2. The van der Waals surface area contributed by atoms with Gasteiger partial charge in [-0.15, -0.1) is 0 Å². The number of ether oxygens (including phenoxy) is 3. The molecule has 0 fully saturated rings. The van der Waals surface area contributed by atoms with Gasteiger partial charge in [-0.05, 0) is 120 Å². The molecule has 0 aromatic heterocycles. The minimum atomic E-state index is -0.139. The van der Waals surface area contributed by atoms with Crippen molar-refractivity contribution in [1.82, 2.24) is 0 Å². The number of benzene rings is 5. The molecule has 5 aromatic carbocycles. The van der Waals surface area contributed by atoms with Gasteiger partial charge in [-0.1, -0.05) is 50.2 Å². The number of nitrogens with zero attached hydrogens (tertiary/aromatic N) is 3. The number of aryl methyl sites for hydroxylation is 2. The SMILES string of the molecule is COc1cc2c(cc1OCc1cc(COc3cc4c(cc3C)C(=O)N3c5ccccc5C[C@H]3C=N4)cc(NC(=O)CCC(C)C)c1)CC[C@@H]1Cc3ccccc3N1C2=O. The zero-order valence-electron chi connectivity index (χ0n) is 33.9. The number of hydrogen-bond acceptors (Lipinski definition) is 7. The van der Waals surface area contributed by atoms with E-state index in [4.69, 9.17) is 19.2 Å². The molecule has 10 nitrogen and oxygen atoms in total. The fraction of sp³-hybridized carbons (Fsp3) is 0.306. The normalized spacial score (nSPS) is 17.3. The Hall–Kier alpha value is -6.42. The van der Waals surface area contributed by atoms with E-state index in [2.05, 4.69) is 31.3 Å². The van der Waals surface area contributed by atoms with E-state index < -0.39 is 0 Å². The van der Waals surface area contributed by atoms with Crippen LogP contribution in [0.5, 0.6) is 17.2 Å². The standard InChI is InChI=1S/C49H48N4O6/c1-29(2)13-16-47(54)51-36-19-31(27-58-44-25-41-40(17-30(44)3)49(56)53-38(26-50-41)22-35-10-6-8-12-43(35)53)18-32(20-36)28-59-46-23-33-14-15-37-21-34-9-5-7-11-42(34)52(37)48(55)39(33)24-45(46)57-4/h5-12,17-20,23-26,29,37-38H,13-16,21-22,27-28H2,1-4H3,(H,51,54)/t37-,38+/m1/s1. The number of anilines is 3. The minimum absolute atomic E-state index is 0.0166. The molecule has 9 rings (SSSR count). The average Bonchev–Trinajstić information content (AvgIpc) is 3.73. The Morgan fingerprint density at radius 3 is 2.19 bits per heavy atom. The molecule has 4 aliphatic rings. The van der Waals surface area contributed by atoms with Crippen molar-refractivity contribution in [3.05, 3.63) is 136 Å². The third-order valence-corrected chi connectivity index (χ3v) is 11.9. The first-order valence-electron chi connectivity index (χ1n) is 20.5. The molecule has 4 aliphatic heterocycles. The van der Waals surface area contributed by atoms with Crippen molar-refractivity contribution in [2.45, 2.75) is 84.6 Å². The Labute approximate surface area is 344 Å². The zero-order valence-corrected chi connectivity index (χ0v) is 33.9. The van der Waals surface area contributed by atoms with E-state index in [1.165, 1.54) is 5.56 Å². The van der Waals surface area contributed by atoms with Crippen molar-refractivity contribution in [2.24, 2.45) is 10.9 Å². The molecule has 0 aliphatic carbocycles. The summed E-state index contributed by atoms with van der Waals surface area (Å²) in [7, 11) is 1.58. The van der Waals surface area contributed by atoms with E-state index in [9.17, 15) is 14.4 Å². The third-order valence-electron chi connectivity index (χ3n) is 11.9. The Morgan fingerprint density at radius 2 is 1.46 bits per heavy atom. The molecule has 0 saturated carbocycles. The number of nitrogens with one attached hydrogen (secondary N) is 1. The molecule has 0 radical (unpaired) electrons. The minimum Gasteiger partial charge on any atom is -0.493 e. The van der Waals surface area contributed by atoms with Crippen LogP contribution in [0.25, 0.3) is 0 Å². The molecule has 0 spiro atoms. The summed E-state index contributed by atoms with van der Waals surface area (Å²) in [6.45, 7) is 6.52. The largest absolute Gasteiger partial charge is 0.493 e. The van der Waals surface area contributed by atoms with E-state index in [1.54, 1.807) is 7.11 Å². The van der Waals surface area contributed by atoms with Crippen LogP contribution in [0.15, 0.2) is 96.0 Å². The van der Waals surface area contributed by atoms with Crippen LogP contribution in [0.1, 0.15) is 87.2 Å². The summed E-state index contributed by atoms with van der Waals surface area (Å²) in [5.74, 6) is 1.90. The Morgan fingerprint density at radius 1 is 0.780 bits per heavy atom. The molecular formula is C49H48N4O6. The maximum atomic E-state index is 14.0. The number of aliphatic imine (C=N–C) groups is 1. The van der Waals surface area contributed by atoms with Crippen LogP contribution in [-0.4, -0.2) is 43.1 Å². The Kier molecular flexibility index (Phi) is 10.2. The lowest BCUT2D eigenvalue weighted by atomic mass is 9.99. The number of amides is 3. The zero-order chi connectivity index (χ0) is 40.8. The van der Waals surface area contributed by atoms with Gasteiger partial charge in [0.05, 0.1) is 24.4 Å². The second kappa shape index (κ2) is 15.7. The number of hydrogen-bond donors (Lipinski definition) is 1. The molecule has 1 N–H and O–H groups in total. The van der Waals surface area contributed by atoms with Gasteiger partial charge >= 0.3 is 0 Å². The van der Waals surface area contributed by atoms with Crippen LogP contribution < -0.4 is 29.3 Å². The van der Waals surface area contributed by atoms with Crippen molar-refractivity contribution < 1.29 is 28.6 Å². The van der Waals surface area contributed by atoms with Crippen molar-refractivity contribution in [1.29, 1.82) is 0 Å². The van der Waals surface area contributed by atoms with Crippen molar-refractivity contribution >= 4 is 46.7 Å². The van der Waals surface area contributed by atoms with Crippen LogP contribution in [0.3, 0.4) is 0 Å². The van der Waals surface area contributed by atoms with E-state index in [0.29, 0.717) is 52.1 Å². The molecule has 4 heterocycles. The van der Waals surface area contributed by atoms with Crippen LogP contribution in [0, 0.1) is 12.8 Å². The van der Waals surface area contributed by atoms with Crippen LogP contribution in [0.4, 0.5) is 22.7 Å². The lowest BCUT2D eigenvalue weighted by Crippen LogP contribution is -2.37. The molecular weight excluding hydrogens is 741 g/mol. The van der Waals surface area contributed by atoms with Crippen molar-refractivity contribution in [3.63, 3.8) is 0 Å². The van der Waals surface area contributed by atoms with Crippen molar-refractivity contribution in [3.8, 4) is 17.2 Å². The lowest BCUT2D eigenvalue weighted by molar-refractivity contribution is -0.116. The maximum Gasteiger partial charge on any atom is 0.261 e. The second-order valence-electron chi connectivity index (χ2n) is 16.4. The Balaban J connectivity index is 0.955. The first-order chi connectivity index (χ1) is 28.6. The Bertz CT molecular complexity index is 2530. The number of carbonyl (C=O) groups is 3. The molecule has 59 heavy (non-hydrogen) atoms. The molecule has 2 atom stereocenters. The third kappa shape index (κ3) is 7.44. The smallest absolute Gasteiger partial charge is 0.261 e. The quantitative estimate of drug-likeness (QED) is 0.143. The van der Waals surface area contributed by atoms with Crippen LogP contribution >= 0.6 is 0 Å². The van der Waals surface area contributed by atoms with Gasteiger partial charge < -0.3 is 24.4 Å². The molecule has 5 aromatic rings.